The Kier molecular flexibility index (Phi) is 4.36. The van der Waals surface area contributed by atoms with Gasteiger partial charge in [0.25, 0.3) is 5.91 Å². The molecule has 0 unspecified atom stereocenters. The van der Waals surface area contributed by atoms with E-state index >= 15 is 0 Å². The second kappa shape index (κ2) is 6.21. The molecule has 0 atom stereocenters. The number of nitrogens with zero attached hydrogens (tertiary/aromatic N) is 1. The SMILES string of the molecule is C=CCOc1ccccc1C(=O)N1CCCCO1. The summed E-state index contributed by atoms with van der Waals surface area (Å²) in [6, 6.07) is 7.18. The molecule has 4 nitrogen and oxygen atoms in total. The van der Waals surface area contributed by atoms with Crippen molar-refractivity contribution in [3.63, 3.8) is 0 Å². The fraction of sp³-hybridized carbons (Fsp3) is 0.357. The lowest BCUT2D eigenvalue weighted by Gasteiger charge is -2.26. The lowest BCUT2D eigenvalue weighted by Crippen LogP contribution is -2.35. The van der Waals surface area contributed by atoms with Crippen LogP contribution in [0.4, 0.5) is 0 Å². The molecule has 0 saturated carbocycles. The van der Waals surface area contributed by atoms with E-state index in [0.29, 0.717) is 31.1 Å². The maximum absolute atomic E-state index is 12.3. The second-order valence-electron chi connectivity index (χ2n) is 4.04. The van der Waals surface area contributed by atoms with E-state index in [0.717, 1.165) is 12.8 Å². The summed E-state index contributed by atoms with van der Waals surface area (Å²) in [4.78, 5) is 17.6. The molecule has 0 aliphatic carbocycles. The average molecular weight is 247 g/mol. The molecule has 96 valence electrons. The van der Waals surface area contributed by atoms with E-state index in [1.807, 2.05) is 12.1 Å². The summed E-state index contributed by atoms with van der Waals surface area (Å²) >= 11 is 0. The van der Waals surface area contributed by atoms with Crippen LogP contribution in [0.5, 0.6) is 5.75 Å². The van der Waals surface area contributed by atoms with Gasteiger partial charge in [0, 0.05) is 6.54 Å². The highest BCUT2D eigenvalue weighted by Crippen LogP contribution is 2.21. The number of hydroxylamine groups is 2. The number of hydrogen-bond donors (Lipinski definition) is 0. The van der Waals surface area contributed by atoms with E-state index in [2.05, 4.69) is 6.58 Å². The van der Waals surface area contributed by atoms with Crippen molar-refractivity contribution in [2.45, 2.75) is 12.8 Å². The van der Waals surface area contributed by atoms with Gasteiger partial charge in [-0.1, -0.05) is 24.8 Å². The molecule has 1 fully saturated rings. The number of carbonyl (C=O) groups excluding carboxylic acids is 1. The van der Waals surface area contributed by atoms with Gasteiger partial charge < -0.3 is 4.74 Å². The Hall–Kier alpha value is -1.81. The Morgan fingerprint density at radius 2 is 2.28 bits per heavy atom. The van der Waals surface area contributed by atoms with Crippen LogP contribution in [0.25, 0.3) is 0 Å². The molecule has 1 amide bonds. The molecule has 0 bridgehead atoms. The highest BCUT2D eigenvalue weighted by atomic mass is 16.7. The standard InChI is InChI=1S/C14H17NO3/c1-2-10-17-13-8-4-3-7-12(13)14(16)15-9-5-6-11-18-15/h2-4,7-8H,1,5-6,9-11H2. The summed E-state index contributed by atoms with van der Waals surface area (Å²) in [5, 5.41) is 1.42. The number of carbonyl (C=O) groups is 1. The molecule has 0 aromatic heterocycles. The van der Waals surface area contributed by atoms with Gasteiger partial charge in [0.05, 0.1) is 12.2 Å². The van der Waals surface area contributed by atoms with Crippen LogP contribution in [0, 0.1) is 0 Å². The van der Waals surface area contributed by atoms with Crippen molar-refractivity contribution in [2.75, 3.05) is 19.8 Å². The number of ether oxygens (including phenoxy) is 1. The zero-order valence-corrected chi connectivity index (χ0v) is 10.3. The third kappa shape index (κ3) is 2.90. The molecule has 1 heterocycles. The van der Waals surface area contributed by atoms with Gasteiger partial charge in [-0.3, -0.25) is 9.63 Å². The van der Waals surface area contributed by atoms with Crippen molar-refractivity contribution in [2.24, 2.45) is 0 Å². The summed E-state index contributed by atoms with van der Waals surface area (Å²) in [5.41, 5.74) is 0.529. The van der Waals surface area contributed by atoms with Crippen LogP contribution < -0.4 is 4.74 Å². The van der Waals surface area contributed by atoms with E-state index < -0.39 is 0 Å². The number of hydrogen-bond acceptors (Lipinski definition) is 3. The van der Waals surface area contributed by atoms with E-state index in [9.17, 15) is 4.79 Å². The minimum Gasteiger partial charge on any atom is -0.489 e. The van der Waals surface area contributed by atoms with Crippen molar-refractivity contribution in [3.8, 4) is 5.75 Å². The minimum atomic E-state index is -0.144. The number of amides is 1. The van der Waals surface area contributed by atoms with Gasteiger partial charge in [-0.2, -0.15) is 0 Å². The Labute approximate surface area is 107 Å². The van der Waals surface area contributed by atoms with Crippen LogP contribution >= 0.6 is 0 Å². The van der Waals surface area contributed by atoms with Gasteiger partial charge in [0.1, 0.15) is 12.4 Å². The average Bonchev–Trinajstić information content (AvgIpc) is 2.45. The molecular formula is C14H17NO3. The third-order valence-corrected chi connectivity index (χ3v) is 2.70. The van der Waals surface area contributed by atoms with Gasteiger partial charge >= 0.3 is 0 Å². The maximum atomic E-state index is 12.3. The molecule has 0 N–H and O–H groups in total. The predicted molar refractivity (Wildman–Crippen MR) is 68.4 cm³/mol. The van der Waals surface area contributed by atoms with Crippen molar-refractivity contribution in [3.05, 3.63) is 42.5 Å². The Morgan fingerprint density at radius 1 is 1.44 bits per heavy atom. The van der Waals surface area contributed by atoms with E-state index in [1.54, 1.807) is 18.2 Å². The lowest BCUT2D eigenvalue weighted by atomic mass is 10.1. The van der Waals surface area contributed by atoms with Crippen molar-refractivity contribution < 1.29 is 14.4 Å². The van der Waals surface area contributed by atoms with Crippen molar-refractivity contribution in [1.82, 2.24) is 5.06 Å². The van der Waals surface area contributed by atoms with Crippen LogP contribution in [0.2, 0.25) is 0 Å². The number of para-hydroxylation sites is 1. The summed E-state index contributed by atoms with van der Waals surface area (Å²) in [7, 11) is 0. The molecule has 1 aromatic rings. The molecule has 18 heavy (non-hydrogen) atoms. The molecule has 1 aromatic carbocycles. The maximum Gasteiger partial charge on any atom is 0.281 e. The second-order valence-corrected chi connectivity index (χ2v) is 4.04. The predicted octanol–water partition coefficient (Wildman–Crippen LogP) is 2.42. The fourth-order valence-corrected chi connectivity index (χ4v) is 1.81. The van der Waals surface area contributed by atoms with E-state index in [4.69, 9.17) is 9.57 Å². The Balaban J connectivity index is 2.15. The summed E-state index contributed by atoms with van der Waals surface area (Å²) in [5.74, 6) is 0.422. The number of rotatable bonds is 4. The van der Waals surface area contributed by atoms with Crippen LogP contribution in [0.15, 0.2) is 36.9 Å². The van der Waals surface area contributed by atoms with Gasteiger partial charge in [-0.05, 0) is 25.0 Å². The highest BCUT2D eigenvalue weighted by molar-refractivity contribution is 5.96. The highest BCUT2D eigenvalue weighted by Gasteiger charge is 2.22. The topological polar surface area (TPSA) is 38.8 Å². The normalized spacial score (nSPS) is 15.2. The fourth-order valence-electron chi connectivity index (χ4n) is 1.81. The first kappa shape index (κ1) is 12.6. The molecule has 4 heteroatoms. The monoisotopic (exact) mass is 247 g/mol. The van der Waals surface area contributed by atoms with Crippen LogP contribution in [-0.2, 0) is 4.84 Å². The zero-order valence-electron chi connectivity index (χ0n) is 10.3. The first-order valence-electron chi connectivity index (χ1n) is 6.10. The first-order valence-corrected chi connectivity index (χ1v) is 6.10. The summed E-state index contributed by atoms with van der Waals surface area (Å²) in [6.45, 7) is 5.21. The largest absolute Gasteiger partial charge is 0.489 e. The molecule has 0 radical (unpaired) electrons. The summed E-state index contributed by atoms with van der Waals surface area (Å²) < 4.78 is 5.48. The van der Waals surface area contributed by atoms with Crippen LogP contribution in [-0.4, -0.2) is 30.7 Å². The molecule has 2 rings (SSSR count). The van der Waals surface area contributed by atoms with Gasteiger partial charge in [0.15, 0.2) is 0 Å². The van der Waals surface area contributed by atoms with Crippen LogP contribution in [0.1, 0.15) is 23.2 Å². The van der Waals surface area contributed by atoms with E-state index in [-0.39, 0.29) is 5.91 Å². The van der Waals surface area contributed by atoms with Gasteiger partial charge in [0.2, 0.25) is 0 Å². The molecule has 1 aliphatic heterocycles. The quantitative estimate of drug-likeness (QED) is 0.767. The Bertz CT molecular complexity index is 425. The van der Waals surface area contributed by atoms with E-state index in [1.165, 1.54) is 5.06 Å². The third-order valence-electron chi connectivity index (χ3n) is 2.70. The molecule has 0 spiro atoms. The zero-order chi connectivity index (χ0) is 12.8. The molecular weight excluding hydrogens is 230 g/mol. The molecule has 1 saturated heterocycles. The first-order chi connectivity index (χ1) is 8.83. The number of benzene rings is 1. The van der Waals surface area contributed by atoms with Gasteiger partial charge in [-0.15, -0.1) is 0 Å². The Morgan fingerprint density at radius 3 is 3.00 bits per heavy atom. The molecule has 1 aliphatic rings. The van der Waals surface area contributed by atoms with Crippen LogP contribution in [0.3, 0.4) is 0 Å². The minimum absolute atomic E-state index is 0.144. The van der Waals surface area contributed by atoms with Crippen molar-refractivity contribution >= 4 is 5.91 Å². The van der Waals surface area contributed by atoms with Crippen molar-refractivity contribution in [1.29, 1.82) is 0 Å². The lowest BCUT2D eigenvalue weighted by molar-refractivity contribution is -0.144. The summed E-state index contributed by atoms with van der Waals surface area (Å²) in [6.07, 6.45) is 3.62. The van der Waals surface area contributed by atoms with Gasteiger partial charge in [-0.25, -0.2) is 5.06 Å². The smallest absolute Gasteiger partial charge is 0.281 e.